The van der Waals surface area contributed by atoms with E-state index in [-0.39, 0.29) is 10.8 Å². The zero-order valence-electron chi connectivity index (χ0n) is 15.9. The molecule has 4 rings (SSSR count). The molecule has 0 unspecified atom stereocenters. The number of methoxy groups -OCH3 is 1. The van der Waals surface area contributed by atoms with Crippen LogP contribution in [0.25, 0.3) is 15.9 Å². The molecule has 0 saturated heterocycles. The summed E-state index contributed by atoms with van der Waals surface area (Å²) in [6.45, 7) is 5.96. The monoisotopic (exact) mass is 413 g/mol. The number of thioether (sulfide) groups is 1. The van der Waals surface area contributed by atoms with Crippen LogP contribution in [-0.4, -0.2) is 31.8 Å². The third-order valence-corrected chi connectivity index (χ3v) is 6.76. The average molecular weight is 414 g/mol. The Kier molecular flexibility index (Phi) is 4.94. The lowest BCUT2D eigenvalue weighted by molar-refractivity contribution is 0.414. The number of nitrogens with one attached hydrogen (secondary N) is 1. The van der Waals surface area contributed by atoms with Crippen LogP contribution in [0.1, 0.15) is 28.4 Å². The third-order valence-electron chi connectivity index (χ3n) is 4.59. The summed E-state index contributed by atoms with van der Waals surface area (Å²) in [4.78, 5) is 22.1. The molecule has 1 aromatic carbocycles. The van der Waals surface area contributed by atoms with Gasteiger partial charge in [-0.05, 0) is 50.6 Å². The zero-order chi connectivity index (χ0) is 19.8. The van der Waals surface area contributed by atoms with Crippen molar-refractivity contribution in [2.75, 3.05) is 7.11 Å². The molecule has 0 fully saturated rings. The maximum Gasteiger partial charge on any atom is 0.259 e. The van der Waals surface area contributed by atoms with Gasteiger partial charge in [0.2, 0.25) is 0 Å². The number of aromatic amines is 1. The lowest BCUT2D eigenvalue weighted by Gasteiger charge is -2.11. The number of hydrogen-bond donors (Lipinski definition) is 1. The van der Waals surface area contributed by atoms with Crippen LogP contribution in [0.2, 0.25) is 0 Å². The van der Waals surface area contributed by atoms with Gasteiger partial charge in [0.05, 0.1) is 17.7 Å². The van der Waals surface area contributed by atoms with Gasteiger partial charge in [-0.1, -0.05) is 11.8 Å². The Morgan fingerprint density at radius 1 is 1.25 bits per heavy atom. The van der Waals surface area contributed by atoms with Gasteiger partial charge in [-0.3, -0.25) is 9.36 Å². The van der Waals surface area contributed by atoms with E-state index in [2.05, 4.69) is 15.2 Å². The second-order valence-electron chi connectivity index (χ2n) is 6.36. The van der Waals surface area contributed by atoms with Crippen LogP contribution >= 0.6 is 23.1 Å². The molecule has 0 aliphatic rings. The van der Waals surface area contributed by atoms with Gasteiger partial charge in [0.15, 0.2) is 5.16 Å². The van der Waals surface area contributed by atoms with Crippen LogP contribution in [0.3, 0.4) is 0 Å². The van der Waals surface area contributed by atoms with Crippen LogP contribution in [0.5, 0.6) is 5.75 Å². The van der Waals surface area contributed by atoms with Crippen molar-refractivity contribution in [3.8, 4) is 11.4 Å². The molecule has 0 spiro atoms. The lowest BCUT2D eigenvalue weighted by Crippen LogP contribution is -2.12. The van der Waals surface area contributed by atoms with E-state index in [1.54, 1.807) is 24.8 Å². The van der Waals surface area contributed by atoms with E-state index in [1.807, 2.05) is 49.6 Å². The average Bonchev–Trinajstić information content (AvgIpc) is 3.26. The van der Waals surface area contributed by atoms with Gasteiger partial charge < -0.3 is 9.72 Å². The number of fused-ring (bicyclic) bond motifs is 1. The highest BCUT2D eigenvalue weighted by molar-refractivity contribution is 7.99. The fourth-order valence-electron chi connectivity index (χ4n) is 2.90. The summed E-state index contributed by atoms with van der Waals surface area (Å²) in [6.07, 6.45) is 1.67. The Morgan fingerprint density at radius 2 is 2.00 bits per heavy atom. The molecule has 0 saturated carbocycles. The molecule has 3 aromatic heterocycles. The molecule has 4 aromatic rings. The molecule has 144 valence electrons. The second kappa shape index (κ2) is 7.40. The van der Waals surface area contributed by atoms with E-state index in [1.165, 1.54) is 11.8 Å². The Balaban J connectivity index is 1.64. The summed E-state index contributed by atoms with van der Waals surface area (Å²) in [7, 11) is 1.64. The Labute approximate surface area is 169 Å². The number of nitrogens with zero attached hydrogens (tertiary/aromatic N) is 4. The molecule has 0 bridgehead atoms. The van der Waals surface area contributed by atoms with Crippen LogP contribution < -0.4 is 10.3 Å². The molecular weight excluding hydrogens is 394 g/mol. The van der Waals surface area contributed by atoms with Crippen molar-refractivity contribution in [2.45, 2.75) is 31.2 Å². The quantitative estimate of drug-likeness (QED) is 0.497. The standard InChI is InChI=1S/C19H19N5O2S2/c1-10-11(2)27-18-15(10)17(25)21-16(22-18)12(3)28-19-23-20-9-24(19)13-5-7-14(26-4)8-6-13/h5-9,12H,1-4H3,(H,21,22,25)/t12-/m1/s1. The number of rotatable bonds is 5. The fourth-order valence-corrected chi connectivity index (χ4v) is 4.84. The maximum atomic E-state index is 12.5. The largest absolute Gasteiger partial charge is 0.497 e. The van der Waals surface area contributed by atoms with Crippen molar-refractivity contribution in [2.24, 2.45) is 0 Å². The van der Waals surface area contributed by atoms with Gasteiger partial charge >= 0.3 is 0 Å². The molecule has 9 heteroatoms. The van der Waals surface area contributed by atoms with Crippen molar-refractivity contribution in [3.63, 3.8) is 0 Å². The van der Waals surface area contributed by atoms with E-state index in [4.69, 9.17) is 9.72 Å². The van der Waals surface area contributed by atoms with Gasteiger partial charge in [-0.15, -0.1) is 21.5 Å². The SMILES string of the molecule is COc1ccc(-n2cnnc2S[C@H](C)c2nc3sc(C)c(C)c3c(=O)[nH]2)cc1. The van der Waals surface area contributed by atoms with Crippen LogP contribution in [-0.2, 0) is 0 Å². The molecule has 1 N–H and O–H groups in total. The molecule has 0 radical (unpaired) electrons. The van der Waals surface area contributed by atoms with Gasteiger partial charge in [-0.2, -0.15) is 0 Å². The minimum Gasteiger partial charge on any atom is -0.497 e. The summed E-state index contributed by atoms with van der Waals surface area (Å²) < 4.78 is 7.11. The normalized spacial score (nSPS) is 12.4. The van der Waals surface area contributed by atoms with Gasteiger partial charge in [-0.25, -0.2) is 4.98 Å². The van der Waals surface area contributed by atoms with Crippen molar-refractivity contribution >= 4 is 33.3 Å². The Morgan fingerprint density at radius 3 is 2.71 bits per heavy atom. The topological polar surface area (TPSA) is 85.7 Å². The summed E-state index contributed by atoms with van der Waals surface area (Å²) in [5.74, 6) is 1.42. The van der Waals surface area contributed by atoms with E-state index in [0.29, 0.717) is 11.2 Å². The first kappa shape index (κ1) is 18.7. The lowest BCUT2D eigenvalue weighted by atomic mass is 10.2. The number of hydrogen-bond acceptors (Lipinski definition) is 7. The molecule has 7 nitrogen and oxygen atoms in total. The summed E-state index contributed by atoms with van der Waals surface area (Å²) in [6, 6.07) is 7.67. The number of ether oxygens (including phenoxy) is 1. The smallest absolute Gasteiger partial charge is 0.259 e. The summed E-state index contributed by atoms with van der Waals surface area (Å²) in [5.41, 5.74) is 1.84. The zero-order valence-corrected chi connectivity index (χ0v) is 17.5. The molecule has 0 amide bonds. The van der Waals surface area contributed by atoms with Crippen LogP contribution in [0.4, 0.5) is 0 Å². The molecule has 0 aliphatic heterocycles. The molecular formula is C19H19N5O2S2. The van der Waals surface area contributed by atoms with Crippen LogP contribution in [0, 0.1) is 13.8 Å². The predicted molar refractivity (Wildman–Crippen MR) is 112 cm³/mol. The highest BCUT2D eigenvalue weighted by atomic mass is 32.2. The first-order valence-electron chi connectivity index (χ1n) is 8.69. The van der Waals surface area contributed by atoms with Gasteiger partial charge in [0, 0.05) is 10.6 Å². The van der Waals surface area contributed by atoms with Gasteiger partial charge in [0.1, 0.15) is 22.7 Å². The van der Waals surface area contributed by atoms with E-state index in [0.717, 1.165) is 31.9 Å². The first-order valence-corrected chi connectivity index (χ1v) is 10.4. The van der Waals surface area contributed by atoms with Crippen molar-refractivity contribution in [1.29, 1.82) is 0 Å². The number of H-pyrrole nitrogens is 1. The predicted octanol–water partition coefficient (Wildman–Crippen LogP) is 4.04. The van der Waals surface area contributed by atoms with E-state index in [9.17, 15) is 4.79 Å². The van der Waals surface area contributed by atoms with Crippen LogP contribution in [0.15, 0.2) is 40.5 Å². The second-order valence-corrected chi connectivity index (χ2v) is 8.87. The van der Waals surface area contributed by atoms with Gasteiger partial charge in [0.25, 0.3) is 5.56 Å². The Hall–Kier alpha value is -2.65. The number of aromatic nitrogens is 5. The minimum absolute atomic E-state index is 0.0917. The summed E-state index contributed by atoms with van der Waals surface area (Å²) in [5, 5.41) is 9.58. The Bertz CT molecular complexity index is 1190. The van der Waals surface area contributed by atoms with E-state index < -0.39 is 0 Å². The number of aryl methyl sites for hydroxylation is 2. The molecule has 1 atom stereocenters. The van der Waals surface area contributed by atoms with Crippen molar-refractivity contribution in [3.05, 3.63) is 57.2 Å². The van der Waals surface area contributed by atoms with Crippen molar-refractivity contribution in [1.82, 2.24) is 24.7 Å². The number of thiophene rings is 1. The minimum atomic E-state index is -0.0963. The fraction of sp³-hybridized carbons (Fsp3) is 0.263. The molecule has 0 aliphatic carbocycles. The summed E-state index contributed by atoms with van der Waals surface area (Å²) >= 11 is 3.04. The van der Waals surface area contributed by atoms with E-state index >= 15 is 0 Å². The highest BCUT2D eigenvalue weighted by Gasteiger charge is 2.18. The molecule has 3 heterocycles. The maximum absolute atomic E-state index is 12.5. The first-order chi connectivity index (χ1) is 13.5. The van der Waals surface area contributed by atoms with Crippen molar-refractivity contribution < 1.29 is 4.74 Å². The third kappa shape index (κ3) is 3.31. The highest BCUT2D eigenvalue weighted by Crippen LogP contribution is 2.34. The number of benzene rings is 1. The molecule has 28 heavy (non-hydrogen) atoms.